The number of benzene rings is 1. The summed E-state index contributed by atoms with van der Waals surface area (Å²) in [7, 11) is 0. The van der Waals surface area contributed by atoms with E-state index >= 15 is 0 Å². The molecule has 1 aromatic carbocycles. The Kier molecular flexibility index (Phi) is 3.88. The highest BCUT2D eigenvalue weighted by Gasteiger charge is 2.24. The summed E-state index contributed by atoms with van der Waals surface area (Å²) in [5.41, 5.74) is 10.4. The summed E-state index contributed by atoms with van der Waals surface area (Å²) in [4.78, 5) is 0. The number of hydrogen-bond donors (Lipinski definition) is 1. The van der Waals surface area contributed by atoms with Crippen LogP contribution in [0.5, 0.6) is 0 Å². The molecule has 1 aliphatic carbocycles. The Morgan fingerprint density at radius 1 is 1.35 bits per heavy atom. The predicted octanol–water partition coefficient (Wildman–Crippen LogP) is 3.82. The molecule has 2 N–H and O–H groups in total. The van der Waals surface area contributed by atoms with E-state index in [-0.39, 0.29) is 0 Å². The van der Waals surface area contributed by atoms with Gasteiger partial charge in [0.1, 0.15) is 0 Å². The maximum absolute atomic E-state index is 5.76. The Balaban J connectivity index is 2.35. The largest absolute Gasteiger partial charge is 0.330 e. The highest BCUT2D eigenvalue weighted by atomic mass is 14.5. The summed E-state index contributed by atoms with van der Waals surface area (Å²) in [6.07, 6.45) is 3.69. The van der Waals surface area contributed by atoms with Crippen LogP contribution in [-0.4, -0.2) is 6.54 Å². The van der Waals surface area contributed by atoms with E-state index in [0.29, 0.717) is 11.8 Å². The molecule has 1 heteroatoms. The minimum absolute atomic E-state index is 0.623. The van der Waals surface area contributed by atoms with Crippen LogP contribution in [0.15, 0.2) is 18.2 Å². The molecule has 0 aromatic heterocycles. The summed E-state index contributed by atoms with van der Waals surface area (Å²) in [6.45, 7) is 7.71. The third-order valence-electron chi connectivity index (χ3n) is 4.05. The quantitative estimate of drug-likeness (QED) is 0.840. The maximum Gasteiger partial charge on any atom is -0.00714 e. The van der Waals surface area contributed by atoms with Gasteiger partial charge in [0, 0.05) is 0 Å². The first-order chi connectivity index (χ1) is 8.11. The zero-order chi connectivity index (χ0) is 12.4. The minimum Gasteiger partial charge on any atom is -0.330 e. The molecule has 0 amide bonds. The molecule has 2 atom stereocenters. The second-order valence-electron chi connectivity index (χ2n) is 5.93. The molecule has 94 valence electrons. The molecule has 0 bridgehead atoms. The van der Waals surface area contributed by atoms with Crippen molar-refractivity contribution in [2.24, 2.45) is 11.7 Å². The van der Waals surface area contributed by atoms with Crippen molar-refractivity contribution in [3.8, 4) is 0 Å². The summed E-state index contributed by atoms with van der Waals surface area (Å²) in [6, 6.07) is 7.09. The van der Waals surface area contributed by atoms with Crippen molar-refractivity contribution in [3.05, 3.63) is 34.9 Å². The highest BCUT2D eigenvalue weighted by Crippen LogP contribution is 2.37. The lowest BCUT2D eigenvalue weighted by atomic mass is 9.75. The smallest absolute Gasteiger partial charge is 0.00714 e. The van der Waals surface area contributed by atoms with Crippen LogP contribution in [0.3, 0.4) is 0 Å². The topological polar surface area (TPSA) is 26.0 Å². The van der Waals surface area contributed by atoms with Crippen LogP contribution in [-0.2, 0) is 6.42 Å². The van der Waals surface area contributed by atoms with Crippen LogP contribution in [0.2, 0.25) is 0 Å². The van der Waals surface area contributed by atoms with E-state index in [4.69, 9.17) is 5.73 Å². The van der Waals surface area contributed by atoms with Crippen LogP contribution in [0.1, 0.15) is 62.1 Å². The molecule has 1 aliphatic rings. The van der Waals surface area contributed by atoms with E-state index in [9.17, 15) is 0 Å². The van der Waals surface area contributed by atoms with E-state index in [0.717, 1.165) is 18.9 Å². The average Bonchev–Trinajstić information content (AvgIpc) is 2.28. The lowest BCUT2D eigenvalue weighted by Crippen LogP contribution is -2.19. The number of nitrogens with two attached hydrogens (primary N) is 1. The van der Waals surface area contributed by atoms with E-state index < -0.39 is 0 Å². The molecule has 2 rings (SSSR count). The molecular weight excluding hydrogens is 206 g/mol. The fourth-order valence-corrected chi connectivity index (χ4v) is 3.08. The van der Waals surface area contributed by atoms with Gasteiger partial charge in [-0.3, -0.25) is 0 Å². The third kappa shape index (κ3) is 2.71. The van der Waals surface area contributed by atoms with Gasteiger partial charge in [0.25, 0.3) is 0 Å². The van der Waals surface area contributed by atoms with Gasteiger partial charge in [0.2, 0.25) is 0 Å². The van der Waals surface area contributed by atoms with Gasteiger partial charge in [-0.2, -0.15) is 0 Å². The van der Waals surface area contributed by atoms with Crippen molar-refractivity contribution in [2.75, 3.05) is 6.54 Å². The standard InChI is InChI=1S/C16H25N/c1-11(2)13-4-5-14-8-12(3)9-15(6-7-17)16(14)10-13/h4-5,10-12,15H,6-9,17H2,1-3H3. The van der Waals surface area contributed by atoms with E-state index in [1.807, 2.05) is 0 Å². The Hall–Kier alpha value is -0.820. The molecule has 2 unspecified atom stereocenters. The van der Waals surface area contributed by atoms with Gasteiger partial charge in [-0.25, -0.2) is 0 Å². The molecule has 0 radical (unpaired) electrons. The predicted molar refractivity (Wildman–Crippen MR) is 74.4 cm³/mol. The minimum atomic E-state index is 0.623. The molecule has 1 nitrogen and oxygen atoms in total. The van der Waals surface area contributed by atoms with Gasteiger partial charge < -0.3 is 5.73 Å². The van der Waals surface area contributed by atoms with Crippen molar-refractivity contribution in [1.82, 2.24) is 0 Å². The van der Waals surface area contributed by atoms with Gasteiger partial charge in [0.15, 0.2) is 0 Å². The van der Waals surface area contributed by atoms with E-state index in [1.54, 1.807) is 11.1 Å². The van der Waals surface area contributed by atoms with Crippen LogP contribution in [0.25, 0.3) is 0 Å². The van der Waals surface area contributed by atoms with Gasteiger partial charge in [-0.15, -0.1) is 0 Å². The van der Waals surface area contributed by atoms with Crippen molar-refractivity contribution in [3.63, 3.8) is 0 Å². The molecule has 1 aromatic rings. The van der Waals surface area contributed by atoms with Crippen molar-refractivity contribution < 1.29 is 0 Å². The SMILES string of the molecule is CC1Cc2ccc(C(C)C)cc2C(CCN)C1. The van der Waals surface area contributed by atoms with Crippen LogP contribution in [0.4, 0.5) is 0 Å². The first-order valence-electron chi connectivity index (χ1n) is 6.94. The van der Waals surface area contributed by atoms with Gasteiger partial charge in [0.05, 0.1) is 0 Å². The van der Waals surface area contributed by atoms with Crippen molar-refractivity contribution in [1.29, 1.82) is 0 Å². The first-order valence-corrected chi connectivity index (χ1v) is 6.94. The van der Waals surface area contributed by atoms with E-state index in [2.05, 4.69) is 39.0 Å². The Morgan fingerprint density at radius 3 is 2.76 bits per heavy atom. The summed E-state index contributed by atoms with van der Waals surface area (Å²) >= 11 is 0. The fraction of sp³-hybridized carbons (Fsp3) is 0.625. The molecule has 0 saturated carbocycles. The van der Waals surface area contributed by atoms with Crippen molar-refractivity contribution in [2.45, 2.75) is 51.9 Å². The van der Waals surface area contributed by atoms with Gasteiger partial charge >= 0.3 is 0 Å². The van der Waals surface area contributed by atoms with Gasteiger partial charge in [-0.05, 0) is 60.3 Å². The lowest BCUT2D eigenvalue weighted by molar-refractivity contribution is 0.418. The molecule has 0 aliphatic heterocycles. The van der Waals surface area contributed by atoms with Crippen LogP contribution in [0, 0.1) is 5.92 Å². The third-order valence-corrected chi connectivity index (χ3v) is 4.05. The number of hydrogen-bond acceptors (Lipinski definition) is 1. The molecule has 0 fully saturated rings. The number of fused-ring (bicyclic) bond motifs is 1. The second-order valence-corrected chi connectivity index (χ2v) is 5.93. The molecule has 0 spiro atoms. The fourth-order valence-electron chi connectivity index (χ4n) is 3.08. The molecule has 0 saturated heterocycles. The number of rotatable bonds is 3. The molecule has 17 heavy (non-hydrogen) atoms. The summed E-state index contributed by atoms with van der Waals surface area (Å²) in [5.74, 6) is 2.12. The Labute approximate surface area is 105 Å². The normalized spacial score (nSPS) is 23.8. The van der Waals surface area contributed by atoms with E-state index in [1.165, 1.54) is 18.4 Å². The van der Waals surface area contributed by atoms with Crippen LogP contribution >= 0.6 is 0 Å². The second kappa shape index (κ2) is 5.22. The summed E-state index contributed by atoms with van der Waals surface area (Å²) < 4.78 is 0. The maximum atomic E-state index is 5.76. The Morgan fingerprint density at radius 2 is 2.12 bits per heavy atom. The highest BCUT2D eigenvalue weighted by molar-refractivity contribution is 5.38. The zero-order valence-corrected chi connectivity index (χ0v) is 11.4. The molecule has 0 heterocycles. The zero-order valence-electron chi connectivity index (χ0n) is 11.4. The summed E-state index contributed by atoms with van der Waals surface area (Å²) in [5, 5.41) is 0. The molecular formula is C16H25N. The van der Waals surface area contributed by atoms with Crippen molar-refractivity contribution >= 4 is 0 Å². The van der Waals surface area contributed by atoms with Crippen LogP contribution < -0.4 is 5.73 Å². The average molecular weight is 231 g/mol. The monoisotopic (exact) mass is 231 g/mol. The van der Waals surface area contributed by atoms with Gasteiger partial charge in [-0.1, -0.05) is 39.0 Å². The Bertz CT molecular complexity index is 381. The lowest BCUT2D eigenvalue weighted by Gasteiger charge is -2.30. The first kappa shape index (κ1) is 12.6.